The van der Waals surface area contributed by atoms with Gasteiger partial charge < -0.3 is 4.90 Å². The van der Waals surface area contributed by atoms with Crippen LogP contribution in [0.5, 0.6) is 0 Å². The quantitative estimate of drug-likeness (QED) is 0.864. The number of hydrogen-bond acceptors (Lipinski definition) is 5. The Kier molecular flexibility index (Phi) is 3.72. The van der Waals surface area contributed by atoms with E-state index in [4.69, 9.17) is 4.98 Å². The molecule has 1 saturated carbocycles. The van der Waals surface area contributed by atoms with Gasteiger partial charge in [0.1, 0.15) is 11.6 Å². The number of hydrogen-bond donors (Lipinski definition) is 0. The molecule has 2 aliphatic rings. The minimum atomic E-state index is 0.616. The first-order valence-electron chi connectivity index (χ1n) is 8.08. The summed E-state index contributed by atoms with van der Waals surface area (Å²) in [6, 6.07) is 8.16. The van der Waals surface area contributed by atoms with E-state index in [2.05, 4.69) is 31.9 Å². The van der Waals surface area contributed by atoms with Crippen molar-refractivity contribution in [1.29, 1.82) is 0 Å². The Labute approximate surface area is 131 Å². The maximum atomic E-state index is 4.75. The Morgan fingerprint density at radius 3 is 2.55 bits per heavy atom. The smallest absolute Gasteiger partial charge is 0.133 e. The van der Waals surface area contributed by atoms with Crippen molar-refractivity contribution in [1.82, 2.24) is 19.9 Å². The van der Waals surface area contributed by atoms with Gasteiger partial charge in [0.2, 0.25) is 0 Å². The van der Waals surface area contributed by atoms with Gasteiger partial charge in [-0.2, -0.15) is 0 Å². The number of aromatic nitrogens is 3. The van der Waals surface area contributed by atoms with Crippen molar-refractivity contribution in [2.45, 2.75) is 25.3 Å². The molecule has 3 heterocycles. The lowest BCUT2D eigenvalue weighted by molar-refractivity contribution is 0.246. The van der Waals surface area contributed by atoms with Crippen molar-refractivity contribution in [3.05, 3.63) is 48.2 Å². The molecule has 2 aromatic rings. The summed E-state index contributed by atoms with van der Waals surface area (Å²) in [6.07, 6.45) is 6.28. The first-order chi connectivity index (χ1) is 10.9. The third kappa shape index (κ3) is 3.09. The van der Waals surface area contributed by atoms with Gasteiger partial charge in [-0.15, -0.1) is 0 Å². The van der Waals surface area contributed by atoms with Crippen molar-refractivity contribution < 1.29 is 0 Å². The number of anilines is 1. The average Bonchev–Trinajstić information content (AvgIpc) is 3.42. The lowest BCUT2D eigenvalue weighted by Crippen LogP contribution is -2.46. The summed E-state index contributed by atoms with van der Waals surface area (Å²) in [5, 5.41) is 0. The predicted octanol–water partition coefficient (Wildman–Crippen LogP) is 2.07. The first kappa shape index (κ1) is 13.6. The SMILES string of the molecule is c1ccc(CN2CCN(c3ccnc(C4CC4)n3)CC2)nc1. The Morgan fingerprint density at radius 1 is 0.955 bits per heavy atom. The Bertz CT molecular complexity index is 618. The summed E-state index contributed by atoms with van der Waals surface area (Å²) >= 11 is 0. The summed E-state index contributed by atoms with van der Waals surface area (Å²) < 4.78 is 0. The number of piperazine rings is 1. The molecule has 114 valence electrons. The molecule has 5 heteroatoms. The van der Waals surface area contributed by atoms with E-state index in [1.165, 1.54) is 12.8 Å². The van der Waals surface area contributed by atoms with Crippen LogP contribution in [-0.4, -0.2) is 46.0 Å². The normalized spacial score (nSPS) is 19.4. The molecule has 0 spiro atoms. The zero-order valence-electron chi connectivity index (χ0n) is 12.7. The zero-order chi connectivity index (χ0) is 14.8. The molecule has 4 rings (SSSR count). The minimum absolute atomic E-state index is 0.616. The Balaban J connectivity index is 1.36. The highest BCUT2D eigenvalue weighted by molar-refractivity contribution is 5.38. The minimum Gasteiger partial charge on any atom is -0.354 e. The van der Waals surface area contributed by atoms with E-state index in [0.717, 1.165) is 50.1 Å². The molecule has 1 saturated heterocycles. The van der Waals surface area contributed by atoms with E-state index in [-0.39, 0.29) is 0 Å². The van der Waals surface area contributed by atoms with E-state index in [1.807, 2.05) is 24.5 Å². The summed E-state index contributed by atoms with van der Waals surface area (Å²) in [4.78, 5) is 18.4. The van der Waals surface area contributed by atoms with Gasteiger partial charge in [-0.05, 0) is 31.0 Å². The van der Waals surface area contributed by atoms with Gasteiger partial charge in [-0.1, -0.05) is 6.07 Å². The molecule has 1 aliphatic carbocycles. The second-order valence-electron chi connectivity index (χ2n) is 6.13. The fourth-order valence-electron chi connectivity index (χ4n) is 2.93. The number of nitrogens with zero attached hydrogens (tertiary/aromatic N) is 5. The van der Waals surface area contributed by atoms with E-state index in [1.54, 1.807) is 0 Å². The van der Waals surface area contributed by atoms with E-state index < -0.39 is 0 Å². The maximum Gasteiger partial charge on any atom is 0.133 e. The number of rotatable bonds is 4. The second kappa shape index (κ2) is 6.01. The van der Waals surface area contributed by atoms with E-state index in [0.29, 0.717) is 5.92 Å². The van der Waals surface area contributed by atoms with Crippen LogP contribution in [0.2, 0.25) is 0 Å². The van der Waals surface area contributed by atoms with Crippen LogP contribution in [0.3, 0.4) is 0 Å². The van der Waals surface area contributed by atoms with Gasteiger partial charge >= 0.3 is 0 Å². The molecule has 0 amide bonds. The van der Waals surface area contributed by atoms with Crippen molar-refractivity contribution >= 4 is 5.82 Å². The number of pyridine rings is 1. The lowest BCUT2D eigenvalue weighted by atomic mass is 10.2. The van der Waals surface area contributed by atoms with Crippen LogP contribution in [0.1, 0.15) is 30.3 Å². The molecular weight excluding hydrogens is 274 g/mol. The standard InChI is InChI=1S/C17H21N5/c1-2-7-18-15(3-1)13-21-9-11-22(12-10-21)16-6-8-19-17(20-16)14-4-5-14/h1-3,6-8,14H,4-5,9-13H2. The molecule has 0 N–H and O–H groups in total. The largest absolute Gasteiger partial charge is 0.354 e. The van der Waals surface area contributed by atoms with Crippen LogP contribution in [0.15, 0.2) is 36.7 Å². The van der Waals surface area contributed by atoms with E-state index >= 15 is 0 Å². The molecule has 0 radical (unpaired) electrons. The molecule has 2 aromatic heterocycles. The molecule has 0 aromatic carbocycles. The van der Waals surface area contributed by atoms with Gasteiger partial charge in [0.15, 0.2) is 0 Å². The third-order valence-corrected chi connectivity index (χ3v) is 4.41. The first-order valence-corrected chi connectivity index (χ1v) is 8.08. The molecule has 0 atom stereocenters. The van der Waals surface area contributed by atoms with Gasteiger partial charge in [0, 0.05) is 51.0 Å². The molecule has 0 unspecified atom stereocenters. The fraction of sp³-hybridized carbons (Fsp3) is 0.471. The van der Waals surface area contributed by atoms with Crippen molar-refractivity contribution in [3.63, 3.8) is 0 Å². The molecule has 2 fully saturated rings. The van der Waals surface area contributed by atoms with Gasteiger partial charge in [-0.3, -0.25) is 9.88 Å². The summed E-state index contributed by atoms with van der Waals surface area (Å²) in [5.41, 5.74) is 1.15. The van der Waals surface area contributed by atoms with Gasteiger partial charge in [0.25, 0.3) is 0 Å². The van der Waals surface area contributed by atoms with Crippen molar-refractivity contribution in [3.8, 4) is 0 Å². The van der Waals surface area contributed by atoms with Crippen LogP contribution < -0.4 is 4.90 Å². The van der Waals surface area contributed by atoms with Crippen molar-refractivity contribution in [2.24, 2.45) is 0 Å². The highest BCUT2D eigenvalue weighted by atomic mass is 15.3. The summed E-state index contributed by atoms with van der Waals surface area (Å²) in [6.45, 7) is 5.09. The monoisotopic (exact) mass is 295 g/mol. The van der Waals surface area contributed by atoms with Crippen LogP contribution in [-0.2, 0) is 6.54 Å². The highest BCUT2D eigenvalue weighted by Crippen LogP contribution is 2.38. The second-order valence-corrected chi connectivity index (χ2v) is 6.13. The Morgan fingerprint density at radius 2 is 1.82 bits per heavy atom. The average molecular weight is 295 g/mol. The topological polar surface area (TPSA) is 45.2 Å². The van der Waals surface area contributed by atoms with Crippen molar-refractivity contribution in [2.75, 3.05) is 31.1 Å². The molecule has 5 nitrogen and oxygen atoms in total. The fourth-order valence-corrected chi connectivity index (χ4v) is 2.93. The van der Waals surface area contributed by atoms with Gasteiger partial charge in [0.05, 0.1) is 5.69 Å². The highest BCUT2D eigenvalue weighted by Gasteiger charge is 2.27. The van der Waals surface area contributed by atoms with Crippen LogP contribution in [0.25, 0.3) is 0 Å². The van der Waals surface area contributed by atoms with E-state index in [9.17, 15) is 0 Å². The van der Waals surface area contributed by atoms with Crippen LogP contribution in [0.4, 0.5) is 5.82 Å². The summed E-state index contributed by atoms with van der Waals surface area (Å²) in [5.74, 6) is 2.74. The lowest BCUT2D eigenvalue weighted by Gasteiger charge is -2.35. The summed E-state index contributed by atoms with van der Waals surface area (Å²) in [7, 11) is 0. The molecule has 1 aliphatic heterocycles. The Hall–Kier alpha value is -2.01. The van der Waals surface area contributed by atoms with Crippen LogP contribution >= 0.6 is 0 Å². The molecule has 22 heavy (non-hydrogen) atoms. The maximum absolute atomic E-state index is 4.75. The third-order valence-electron chi connectivity index (χ3n) is 4.41. The van der Waals surface area contributed by atoms with Gasteiger partial charge in [-0.25, -0.2) is 9.97 Å². The zero-order valence-corrected chi connectivity index (χ0v) is 12.7. The molecule has 0 bridgehead atoms. The predicted molar refractivity (Wildman–Crippen MR) is 85.7 cm³/mol. The van der Waals surface area contributed by atoms with Crippen LogP contribution in [0, 0.1) is 0 Å². The molecular formula is C17H21N5.